The first kappa shape index (κ1) is 17.4. The van der Waals surface area contributed by atoms with Crippen LogP contribution in [-0.4, -0.2) is 29.0 Å². The Labute approximate surface area is 151 Å². The van der Waals surface area contributed by atoms with Crippen LogP contribution in [0.5, 0.6) is 0 Å². The van der Waals surface area contributed by atoms with E-state index in [4.69, 9.17) is 0 Å². The van der Waals surface area contributed by atoms with Gasteiger partial charge in [0.1, 0.15) is 0 Å². The van der Waals surface area contributed by atoms with E-state index < -0.39 is 5.54 Å². The van der Waals surface area contributed by atoms with Gasteiger partial charge in [0, 0.05) is 22.5 Å². The summed E-state index contributed by atoms with van der Waals surface area (Å²) in [7, 11) is 0. The molecule has 0 amide bonds. The molecular formula is C19H20ClNO2S. The van der Waals surface area contributed by atoms with Crippen molar-refractivity contribution in [1.82, 2.24) is 5.32 Å². The fourth-order valence-electron chi connectivity index (χ4n) is 3.25. The van der Waals surface area contributed by atoms with E-state index >= 15 is 0 Å². The monoisotopic (exact) mass is 361 g/mol. The van der Waals surface area contributed by atoms with Crippen LogP contribution in [0, 0.1) is 0 Å². The summed E-state index contributed by atoms with van der Waals surface area (Å²) in [6.45, 7) is 2.29. The Balaban J connectivity index is 0.00000169. The zero-order valence-corrected chi connectivity index (χ0v) is 15.0. The Morgan fingerprint density at radius 3 is 2.33 bits per heavy atom. The van der Waals surface area contributed by atoms with Gasteiger partial charge in [0.25, 0.3) is 0 Å². The molecule has 1 aromatic heterocycles. The van der Waals surface area contributed by atoms with Crippen molar-refractivity contribution in [2.24, 2.45) is 0 Å². The number of halogens is 1. The minimum Gasteiger partial charge on any atom is -0.394 e. The number of nitrogens with one attached hydrogen (secondary N) is 1. The first-order valence-corrected chi connectivity index (χ1v) is 8.64. The van der Waals surface area contributed by atoms with Crippen molar-refractivity contribution < 1.29 is 10.2 Å². The van der Waals surface area contributed by atoms with Gasteiger partial charge in [-0.3, -0.25) is 0 Å². The molecule has 2 aromatic carbocycles. The van der Waals surface area contributed by atoms with Gasteiger partial charge in [-0.25, -0.2) is 0 Å². The molecule has 0 atom stereocenters. The molecule has 0 aliphatic heterocycles. The van der Waals surface area contributed by atoms with E-state index in [-0.39, 0.29) is 25.6 Å². The standard InChI is InChI=1S/C19H19NO2S.ClH/c1-19(10-21,11-22)20-8-16-18-14-7-3-5-12-4-2-6-13(17(12)14)15(18)9-23-16;/h2-7,9,20-22H,8,10-11H2,1H3;1H. The van der Waals surface area contributed by atoms with Crippen molar-refractivity contribution in [3.05, 3.63) is 46.7 Å². The Hall–Kier alpha value is -1.43. The fraction of sp³-hybridized carbons (Fsp3) is 0.263. The van der Waals surface area contributed by atoms with Gasteiger partial charge >= 0.3 is 0 Å². The van der Waals surface area contributed by atoms with Gasteiger partial charge < -0.3 is 15.5 Å². The molecule has 0 bridgehead atoms. The zero-order valence-electron chi connectivity index (χ0n) is 13.4. The number of rotatable bonds is 5. The number of benzene rings is 2. The molecular weight excluding hydrogens is 342 g/mol. The third-order valence-corrected chi connectivity index (χ3v) is 5.69. The van der Waals surface area contributed by atoms with E-state index in [1.807, 2.05) is 6.92 Å². The maximum atomic E-state index is 9.45. The lowest BCUT2D eigenvalue weighted by Gasteiger charge is -2.26. The highest BCUT2D eigenvalue weighted by molar-refractivity contribution is 7.11. The molecule has 126 valence electrons. The average molecular weight is 362 g/mol. The highest BCUT2D eigenvalue weighted by Crippen LogP contribution is 2.50. The summed E-state index contributed by atoms with van der Waals surface area (Å²) >= 11 is 1.74. The highest BCUT2D eigenvalue weighted by Gasteiger charge is 2.27. The molecule has 4 rings (SSSR count). The van der Waals surface area contributed by atoms with E-state index in [1.54, 1.807) is 11.3 Å². The number of hydrogen-bond donors (Lipinski definition) is 3. The van der Waals surface area contributed by atoms with Crippen molar-refractivity contribution in [3.8, 4) is 22.3 Å². The normalized spacial score (nSPS) is 12.3. The first-order valence-electron chi connectivity index (χ1n) is 7.76. The number of fused-ring (bicyclic) bond motifs is 3. The Morgan fingerprint density at radius 2 is 1.67 bits per heavy atom. The van der Waals surface area contributed by atoms with Gasteiger partial charge in [-0.2, -0.15) is 0 Å². The summed E-state index contributed by atoms with van der Waals surface area (Å²) in [5.74, 6) is 0. The number of aliphatic hydroxyl groups is 2. The second-order valence-corrected chi connectivity index (χ2v) is 7.35. The molecule has 0 spiro atoms. The van der Waals surface area contributed by atoms with Crippen LogP contribution in [0.15, 0.2) is 41.8 Å². The summed E-state index contributed by atoms with van der Waals surface area (Å²) in [6, 6.07) is 12.9. The molecule has 0 radical (unpaired) electrons. The molecule has 3 N–H and O–H groups in total. The fourth-order valence-corrected chi connectivity index (χ4v) is 4.25. The molecule has 1 aliphatic carbocycles. The van der Waals surface area contributed by atoms with E-state index in [9.17, 15) is 10.2 Å². The second-order valence-electron chi connectivity index (χ2n) is 6.39. The molecule has 1 aliphatic rings. The van der Waals surface area contributed by atoms with Crippen LogP contribution < -0.4 is 5.32 Å². The summed E-state index contributed by atoms with van der Waals surface area (Å²) in [5, 5.41) is 27.0. The van der Waals surface area contributed by atoms with Gasteiger partial charge in [0.2, 0.25) is 0 Å². The minimum absolute atomic E-state index is 0. The van der Waals surface area contributed by atoms with Crippen molar-refractivity contribution in [2.75, 3.05) is 13.2 Å². The molecule has 0 unspecified atom stereocenters. The van der Waals surface area contributed by atoms with Gasteiger partial charge in [-0.05, 0) is 34.2 Å². The van der Waals surface area contributed by atoms with E-state index in [2.05, 4.69) is 47.1 Å². The predicted molar refractivity (Wildman–Crippen MR) is 103 cm³/mol. The van der Waals surface area contributed by atoms with E-state index in [0.29, 0.717) is 6.54 Å². The molecule has 5 heteroatoms. The van der Waals surface area contributed by atoms with Crippen molar-refractivity contribution in [2.45, 2.75) is 19.0 Å². The van der Waals surface area contributed by atoms with Crippen LogP contribution in [0.1, 0.15) is 11.8 Å². The van der Waals surface area contributed by atoms with Crippen LogP contribution in [0.3, 0.4) is 0 Å². The summed E-state index contributed by atoms with van der Waals surface area (Å²) in [6.07, 6.45) is 0. The third kappa shape index (κ3) is 2.55. The van der Waals surface area contributed by atoms with Crippen LogP contribution in [0.25, 0.3) is 33.0 Å². The lowest BCUT2D eigenvalue weighted by Crippen LogP contribution is -2.48. The van der Waals surface area contributed by atoms with Crippen LogP contribution in [0.2, 0.25) is 0 Å². The van der Waals surface area contributed by atoms with Crippen LogP contribution in [0.4, 0.5) is 0 Å². The Morgan fingerprint density at radius 1 is 1.00 bits per heavy atom. The molecule has 3 aromatic rings. The number of thiophene rings is 1. The average Bonchev–Trinajstić information content (AvgIpc) is 3.15. The largest absolute Gasteiger partial charge is 0.394 e. The maximum absolute atomic E-state index is 9.45. The Kier molecular flexibility index (Phi) is 4.69. The lowest BCUT2D eigenvalue weighted by atomic mass is 10.0. The molecule has 0 saturated heterocycles. The predicted octanol–water partition coefficient (Wildman–Crippen LogP) is 3.80. The summed E-state index contributed by atoms with van der Waals surface area (Å²) in [5.41, 5.74) is 4.54. The van der Waals surface area contributed by atoms with E-state index in [1.165, 1.54) is 37.9 Å². The molecule has 1 heterocycles. The van der Waals surface area contributed by atoms with Crippen LogP contribution in [-0.2, 0) is 6.54 Å². The van der Waals surface area contributed by atoms with Gasteiger partial charge in [0.15, 0.2) is 0 Å². The van der Waals surface area contributed by atoms with Gasteiger partial charge in [-0.15, -0.1) is 23.7 Å². The van der Waals surface area contributed by atoms with Crippen molar-refractivity contribution in [3.63, 3.8) is 0 Å². The van der Waals surface area contributed by atoms with Crippen molar-refractivity contribution >= 4 is 34.5 Å². The van der Waals surface area contributed by atoms with Gasteiger partial charge in [-0.1, -0.05) is 36.4 Å². The van der Waals surface area contributed by atoms with Crippen molar-refractivity contribution in [1.29, 1.82) is 0 Å². The zero-order chi connectivity index (χ0) is 16.0. The Bertz CT molecular complexity index is 881. The molecule has 3 nitrogen and oxygen atoms in total. The lowest BCUT2D eigenvalue weighted by molar-refractivity contribution is 0.103. The molecule has 24 heavy (non-hydrogen) atoms. The SMILES string of the molecule is CC(CO)(CO)NCc1scc2c1-c1cccc3cccc-2c13.Cl. The summed E-state index contributed by atoms with van der Waals surface area (Å²) in [4.78, 5) is 1.25. The van der Waals surface area contributed by atoms with Crippen LogP contribution >= 0.6 is 23.7 Å². The number of aliphatic hydroxyl groups excluding tert-OH is 2. The highest BCUT2D eigenvalue weighted by atomic mass is 35.5. The third-order valence-electron chi connectivity index (χ3n) is 4.71. The topological polar surface area (TPSA) is 52.5 Å². The second kappa shape index (κ2) is 6.47. The number of hydrogen-bond acceptors (Lipinski definition) is 4. The van der Waals surface area contributed by atoms with E-state index in [0.717, 1.165) is 0 Å². The molecule has 0 saturated carbocycles. The van der Waals surface area contributed by atoms with Gasteiger partial charge in [0.05, 0.1) is 18.8 Å². The first-order chi connectivity index (χ1) is 11.2. The molecule has 0 fully saturated rings. The minimum atomic E-state index is -0.658. The quantitative estimate of drug-likeness (QED) is 0.506. The maximum Gasteiger partial charge on any atom is 0.0633 e. The smallest absolute Gasteiger partial charge is 0.0633 e. The summed E-state index contributed by atoms with van der Waals surface area (Å²) < 4.78 is 0.